The molecule has 1 aromatic rings. The van der Waals surface area contributed by atoms with Crippen molar-refractivity contribution < 1.29 is 9.59 Å². The summed E-state index contributed by atoms with van der Waals surface area (Å²) in [6.45, 7) is 4.65. The lowest BCUT2D eigenvalue weighted by Gasteiger charge is -2.29. The Bertz CT molecular complexity index is 589. The quantitative estimate of drug-likeness (QED) is 0.754. The summed E-state index contributed by atoms with van der Waals surface area (Å²) < 4.78 is 0. The van der Waals surface area contributed by atoms with Crippen molar-refractivity contribution in [3.8, 4) is 0 Å². The number of carbonyl (C=O) groups excluding carboxylic acids is 2. The third-order valence-corrected chi connectivity index (χ3v) is 4.81. The number of hydrogen-bond acceptors (Lipinski definition) is 3. The Kier molecular flexibility index (Phi) is 4.02. The molecule has 2 fully saturated rings. The molecule has 6 heteroatoms. The highest BCUT2D eigenvalue weighted by Crippen LogP contribution is 2.43. The van der Waals surface area contributed by atoms with Gasteiger partial charge in [0.25, 0.3) is 0 Å². The van der Waals surface area contributed by atoms with Crippen molar-refractivity contribution in [3.63, 3.8) is 0 Å². The maximum Gasteiger partial charge on any atom is 0.312 e. The molecule has 2 saturated heterocycles. The van der Waals surface area contributed by atoms with Gasteiger partial charge in [0.2, 0.25) is 5.91 Å². The Morgan fingerprint density at radius 2 is 2.14 bits per heavy atom. The zero-order chi connectivity index (χ0) is 15.7. The molecule has 6 nitrogen and oxygen atoms in total. The highest BCUT2D eigenvalue weighted by atomic mass is 16.2. The van der Waals surface area contributed by atoms with E-state index in [1.165, 1.54) is 11.1 Å². The van der Waals surface area contributed by atoms with E-state index in [9.17, 15) is 9.59 Å². The van der Waals surface area contributed by atoms with Crippen molar-refractivity contribution in [2.24, 2.45) is 17.6 Å². The minimum absolute atomic E-state index is 0.0371. The van der Waals surface area contributed by atoms with E-state index in [2.05, 4.69) is 29.7 Å². The summed E-state index contributed by atoms with van der Waals surface area (Å²) in [5, 5.41) is 5.83. The number of urea groups is 1. The number of carbonyl (C=O) groups is 2. The van der Waals surface area contributed by atoms with E-state index in [1.807, 2.05) is 17.0 Å². The molecular weight excluding hydrogens is 280 g/mol. The number of amides is 3. The molecule has 3 rings (SSSR count). The largest absolute Gasteiger partial charge is 0.352 e. The average molecular weight is 302 g/mol. The van der Waals surface area contributed by atoms with Gasteiger partial charge in [-0.2, -0.15) is 0 Å². The number of fused-ring (bicyclic) bond motifs is 1. The molecule has 0 radical (unpaired) electrons. The van der Waals surface area contributed by atoms with Crippen LogP contribution in [0.2, 0.25) is 0 Å². The van der Waals surface area contributed by atoms with Gasteiger partial charge in [0.15, 0.2) is 0 Å². The molecule has 0 aromatic heterocycles. The zero-order valence-electron chi connectivity index (χ0n) is 12.7. The van der Waals surface area contributed by atoms with Gasteiger partial charge in [-0.3, -0.25) is 4.79 Å². The maximum absolute atomic E-state index is 12.5. The highest BCUT2D eigenvalue weighted by Gasteiger charge is 2.46. The van der Waals surface area contributed by atoms with Crippen LogP contribution in [0.3, 0.4) is 0 Å². The first-order valence-corrected chi connectivity index (χ1v) is 7.67. The van der Waals surface area contributed by atoms with Crippen LogP contribution in [0, 0.1) is 18.8 Å². The topological polar surface area (TPSA) is 87.5 Å². The van der Waals surface area contributed by atoms with Crippen LogP contribution in [0.25, 0.3) is 0 Å². The van der Waals surface area contributed by atoms with Crippen molar-refractivity contribution in [2.45, 2.75) is 13.0 Å². The maximum atomic E-state index is 12.5. The number of rotatable bonds is 3. The van der Waals surface area contributed by atoms with Crippen LogP contribution >= 0.6 is 0 Å². The van der Waals surface area contributed by atoms with E-state index in [1.54, 1.807) is 0 Å². The monoisotopic (exact) mass is 302 g/mol. The van der Waals surface area contributed by atoms with E-state index >= 15 is 0 Å². The highest BCUT2D eigenvalue weighted by molar-refractivity contribution is 5.84. The number of primary amides is 1. The molecule has 3 atom stereocenters. The average Bonchev–Trinajstić information content (AvgIpc) is 3.06. The Labute approximate surface area is 130 Å². The summed E-state index contributed by atoms with van der Waals surface area (Å²) in [7, 11) is 0. The second-order valence-corrected chi connectivity index (χ2v) is 6.15. The molecule has 118 valence electrons. The number of likely N-dealkylation sites (tertiary alicyclic amines) is 1. The zero-order valence-corrected chi connectivity index (χ0v) is 12.7. The van der Waals surface area contributed by atoms with Crippen molar-refractivity contribution in [1.29, 1.82) is 0 Å². The summed E-state index contributed by atoms with van der Waals surface area (Å²) in [4.78, 5) is 25.3. The van der Waals surface area contributed by atoms with Gasteiger partial charge in [-0.15, -0.1) is 0 Å². The van der Waals surface area contributed by atoms with Crippen molar-refractivity contribution in [1.82, 2.24) is 15.5 Å². The first-order chi connectivity index (χ1) is 10.6. The van der Waals surface area contributed by atoms with Crippen LogP contribution < -0.4 is 16.4 Å². The molecule has 1 aromatic carbocycles. The predicted molar refractivity (Wildman–Crippen MR) is 83.1 cm³/mol. The second-order valence-electron chi connectivity index (χ2n) is 6.15. The smallest absolute Gasteiger partial charge is 0.312 e. The molecule has 2 heterocycles. The normalized spacial score (nSPS) is 26.8. The Morgan fingerprint density at radius 1 is 1.36 bits per heavy atom. The fourth-order valence-corrected chi connectivity index (χ4v) is 3.76. The van der Waals surface area contributed by atoms with E-state index in [0.717, 1.165) is 19.6 Å². The molecule has 0 saturated carbocycles. The number of nitrogens with one attached hydrogen (secondary N) is 2. The Hall–Kier alpha value is -2.08. The molecule has 2 aliphatic rings. The molecule has 4 N–H and O–H groups in total. The fourth-order valence-electron chi connectivity index (χ4n) is 3.76. The standard InChI is InChI=1S/C16H22N4O2/c1-10-4-2-3-5-12(10)15-13-7-18-6-11(13)9-20(15)14(21)8-19-16(17)22/h2-5,11,13,15,18H,6-9H2,1H3,(H3,17,19,22)/t11-,13-,15+/m0/s1. The van der Waals surface area contributed by atoms with Gasteiger partial charge in [0.1, 0.15) is 0 Å². The SMILES string of the molecule is Cc1ccccc1[C@@H]1[C@H]2CNC[C@H]2CN1C(=O)CNC(N)=O. The minimum atomic E-state index is -0.665. The summed E-state index contributed by atoms with van der Waals surface area (Å²) in [6, 6.07) is 7.62. The van der Waals surface area contributed by atoms with Gasteiger partial charge in [-0.25, -0.2) is 4.79 Å². The van der Waals surface area contributed by atoms with E-state index in [-0.39, 0.29) is 18.5 Å². The van der Waals surface area contributed by atoms with Crippen LogP contribution in [0.5, 0.6) is 0 Å². The van der Waals surface area contributed by atoms with E-state index in [0.29, 0.717) is 11.8 Å². The number of nitrogens with zero attached hydrogens (tertiary/aromatic N) is 1. The van der Waals surface area contributed by atoms with Gasteiger partial charge >= 0.3 is 6.03 Å². The molecule has 0 unspecified atom stereocenters. The lowest BCUT2D eigenvalue weighted by molar-refractivity contribution is -0.131. The fraction of sp³-hybridized carbons (Fsp3) is 0.500. The minimum Gasteiger partial charge on any atom is -0.352 e. The molecule has 3 amide bonds. The third kappa shape index (κ3) is 2.66. The van der Waals surface area contributed by atoms with Gasteiger partial charge < -0.3 is 21.3 Å². The van der Waals surface area contributed by atoms with E-state index < -0.39 is 6.03 Å². The van der Waals surface area contributed by atoms with Gasteiger partial charge in [0, 0.05) is 25.6 Å². The lowest BCUT2D eigenvalue weighted by Crippen LogP contribution is -2.43. The Balaban J connectivity index is 1.86. The molecule has 2 aliphatic heterocycles. The molecule has 0 spiro atoms. The third-order valence-electron chi connectivity index (χ3n) is 4.81. The predicted octanol–water partition coefficient (Wildman–Crippen LogP) is 0.382. The van der Waals surface area contributed by atoms with Crippen molar-refractivity contribution in [3.05, 3.63) is 35.4 Å². The summed E-state index contributed by atoms with van der Waals surface area (Å²) >= 11 is 0. The van der Waals surface area contributed by atoms with Gasteiger partial charge in [-0.1, -0.05) is 24.3 Å². The lowest BCUT2D eigenvalue weighted by atomic mass is 9.87. The summed E-state index contributed by atoms with van der Waals surface area (Å²) in [5.41, 5.74) is 7.47. The van der Waals surface area contributed by atoms with Crippen LogP contribution in [0.15, 0.2) is 24.3 Å². The molecule has 22 heavy (non-hydrogen) atoms. The first kappa shape index (κ1) is 14.8. The summed E-state index contributed by atoms with van der Waals surface area (Å²) in [5.74, 6) is 0.835. The second kappa shape index (κ2) is 5.96. The number of hydrogen-bond donors (Lipinski definition) is 3. The van der Waals surface area contributed by atoms with Crippen LogP contribution in [0.4, 0.5) is 4.79 Å². The number of aryl methyl sites for hydroxylation is 1. The van der Waals surface area contributed by atoms with Crippen LogP contribution in [-0.2, 0) is 4.79 Å². The molecule has 0 aliphatic carbocycles. The Morgan fingerprint density at radius 3 is 2.86 bits per heavy atom. The summed E-state index contributed by atoms with van der Waals surface area (Å²) in [6.07, 6.45) is 0. The van der Waals surface area contributed by atoms with Gasteiger partial charge in [-0.05, 0) is 24.0 Å². The van der Waals surface area contributed by atoms with Crippen LogP contribution in [-0.4, -0.2) is 43.0 Å². The number of nitrogens with two attached hydrogens (primary N) is 1. The van der Waals surface area contributed by atoms with Crippen LogP contribution in [0.1, 0.15) is 17.2 Å². The molecule has 0 bridgehead atoms. The number of benzene rings is 1. The van der Waals surface area contributed by atoms with E-state index in [4.69, 9.17) is 5.73 Å². The van der Waals surface area contributed by atoms with Gasteiger partial charge in [0.05, 0.1) is 12.6 Å². The molecular formula is C16H22N4O2. The first-order valence-electron chi connectivity index (χ1n) is 7.67. The van der Waals surface area contributed by atoms with Crippen molar-refractivity contribution in [2.75, 3.05) is 26.2 Å². The van der Waals surface area contributed by atoms with Crippen molar-refractivity contribution >= 4 is 11.9 Å².